The van der Waals surface area contributed by atoms with Crippen LogP contribution in [0.15, 0.2) is 54.7 Å². The van der Waals surface area contributed by atoms with Gasteiger partial charge in [-0.25, -0.2) is 4.79 Å². The van der Waals surface area contributed by atoms with Crippen LogP contribution in [-0.4, -0.2) is 24.5 Å². The first-order valence-electron chi connectivity index (χ1n) is 6.74. The predicted molar refractivity (Wildman–Crippen MR) is 84.3 cm³/mol. The van der Waals surface area contributed by atoms with E-state index in [4.69, 9.17) is 4.74 Å². The monoisotopic (exact) mass is 294 g/mol. The van der Waals surface area contributed by atoms with Gasteiger partial charge >= 0.3 is 5.97 Å². The van der Waals surface area contributed by atoms with Crippen LogP contribution >= 0.6 is 0 Å². The van der Waals surface area contributed by atoms with Crippen molar-refractivity contribution in [3.05, 3.63) is 60.3 Å². The number of H-pyrrole nitrogens is 1. The van der Waals surface area contributed by atoms with Crippen LogP contribution in [0.2, 0.25) is 0 Å². The standard InChI is InChI=1S/C17H14N2O3/c1-22-17(21)13-7-3-5-9-15(13)19(11-20)16-10-18-14-8-4-2-6-12(14)16/h2-11,18H,1H3. The van der Waals surface area contributed by atoms with Gasteiger partial charge in [0, 0.05) is 17.1 Å². The van der Waals surface area contributed by atoms with Gasteiger partial charge in [-0.05, 0) is 18.2 Å². The third-order valence-corrected chi connectivity index (χ3v) is 3.50. The Hall–Kier alpha value is -3.08. The molecule has 2 aromatic carbocycles. The Labute approximate surface area is 127 Å². The number of amides is 1. The fourth-order valence-electron chi connectivity index (χ4n) is 2.47. The number of hydrogen-bond donors (Lipinski definition) is 1. The van der Waals surface area contributed by atoms with E-state index < -0.39 is 5.97 Å². The normalized spacial score (nSPS) is 10.4. The molecule has 0 saturated carbocycles. The van der Waals surface area contributed by atoms with Crippen LogP contribution in [0, 0.1) is 0 Å². The lowest BCUT2D eigenvalue weighted by Crippen LogP contribution is -2.17. The summed E-state index contributed by atoms with van der Waals surface area (Å²) in [7, 11) is 1.32. The van der Waals surface area contributed by atoms with Gasteiger partial charge in [0.2, 0.25) is 6.41 Å². The van der Waals surface area contributed by atoms with Gasteiger partial charge in [0.1, 0.15) is 0 Å². The molecule has 1 heterocycles. The van der Waals surface area contributed by atoms with E-state index in [0.717, 1.165) is 10.9 Å². The fraction of sp³-hybridized carbons (Fsp3) is 0.0588. The summed E-state index contributed by atoms with van der Waals surface area (Å²) in [5, 5.41) is 0.897. The van der Waals surface area contributed by atoms with Crippen molar-refractivity contribution in [2.24, 2.45) is 0 Å². The lowest BCUT2D eigenvalue weighted by molar-refractivity contribution is -0.106. The number of anilines is 2. The van der Waals surface area contributed by atoms with Gasteiger partial charge in [0.05, 0.1) is 24.0 Å². The highest BCUT2D eigenvalue weighted by atomic mass is 16.5. The molecule has 0 fully saturated rings. The highest BCUT2D eigenvalue weighted by molar-refractivity contribution is 6.06. The molecule has 0 spiro atoms. The minimum atomic E-state index is -0.484. The summed E-state index contributed by atoms with van der Waals surface area (Å²) < 4.78 is 4.79. The zero-order valence-corrected chi connectivity index (χ0v) is 11.9. The van der Waals surface area contributed by atoms with Crippen molar-refractivity contribution in [2.45, 2.75) is 0 Å². The number of fused-ring (bicyclic) bond motifs is 1. The molecule has 5 heteroatoms. The van der Waals surface area contributed by atoms with E-state index >= 15 is 0 Å². The molecule has 5 nitrogen and oxygen atoms in total. The van der Waals surface area contributed by atoms with Crippen LogP contribution in [0.4, 0.5) is 11.4 Å². The van der Waals surface area contributed by atoms with Gasteiger partial charge < -0.3 is 9.72 Å². The highest BCUT2D eigenvalue weighted by Crippen LogP contribution is 2.33. The molecular weight excluding hydrogens is 280 g/mol. The molecule has 3 aromatic rings. The van der Waals surface area contributed by atoms with Gasteiger partial charge in [0.25, 0.3) is 0 Å². The van der Waals surface area contributed by atoms with Crippen LogP contribution in [-0.2, 0) is 9.53 Å². The van der Waals surface area contributed by atoms with E-state index in [1.54, 1.807) is 30.5 Å². The van der Waals surface area contributed by atoms with Crippen LogP contribution in [0.1, 0.15) is 10.4 Å². The number of hydrogen-bond acceptors (Lipinski definition) is 3. The molecular formula is C17H14N2O3. The van der Waals surface area contributed by atoms with Crippen LogP contribution < -0.4 is 4.90 Å². The van der Waals surface area contributed by atoms with Gasteiger partial charge in [0.15, 0.2) is 0 Å². The maximum atomic E-state index is 11.9. The Bertz CT molecular complexity index is 839. The van der Waals surface area contributed by atoms with Crippen molar-refractivity contribution in [1.82, 2.24) is 4.98 Å². The molecule has 0 atom stereocenters. The molecule has 1 N–H and O–H groups in total. The molecule has 110 valence electrons. The largest absolute Gasteiger partial charge is 0.465 e. The summed E-state index contributed by atoms with van der Waals surface area (Å²) in [6.07, 6.45) is 2.44. The maximum Gasteiger partial charge on any atom is 0.339 e. The maximum absolute atomic E-state index is 11.9. The van der Waals surface area contributed by atoms with Gasteiger partial charge in [-0.1, -0.05) is 30.3 Å². The number of esters is 1. The van der Waals surface area contributed by atoms with Gasteiger partial charge in [-0.2, -0.15) is 0 Å². The summed E-state index contributed by atoms with van der Waals surface area (Å²) in [5.74, 6) is -0.484. The van der Waals surface area contributed by atoms with E-state index in [2.05, 4.69) is 4.98 Å². The number of aromatic amines is 1. The molecule has 1 amide bonds. The Kier molecular flexibility index (Phi) is 3.62. The number of carbonyl (C=O) groups is 2. The first kappa shape index (κ1) is 13.9. The molecule has 0 aliphatic rings. The van der Waals surface area contributed by atoms with Crippen molar-refractivity contribution >= 4 is 34.7 Å². The Morgan fingerprint density at radius 2 is 1.82 bits per heavy atom. The van der Waals surface area contributed by atoms with Crippen LogP contribution in [0.3, 0.4) is 0 Å². The quantitative estimate of drug-likeness (QED) is 0.593. The van der Waals surface area contributed by atoms with E-state index in [1.807, 2.05) is 24.3 Å². The fourth-order valence-corrected chi connectivity index (χ4v) is 2.47. The zero-order valence-electron chi connectivity index (χ0n) is 11.9. The lowest BCUT2D eigenvalue weighted by atomic mass is 10.1. The Morgan fingerprint density at radius 3 is 2.59 bits per heavy atom. The number of para-hydroxylation sites is 2. The second-order valence-electron chi connectivity index (χ2n) is 4.70. The topological polar surface area (TPSA) is 62.4 Å². The Morgan fingerprint density at radius 1 is 1.09 bits per heavy atom. The van der Waals surface area contributed by atoms with Crippen molar-refractivity contribution in [3.8, 4) is 0 Å². The average molecular weight is 294 g/mol. The average Bonchev–Trinajstić information content (AvgIpc) is 2.99. The summed E-state index contributed by atoms with van der Waals surface area (Å²) in [4.78, 5) is 28.1. The van der Waals surface area contributed by atoms with Crippen molar-refractivity contribution < 1.29 is 14.3 Å². The lowest BCUT2D eigenvalue weighted by Gasteiger charge is -2.19. The molecule has 1 aromatic heterocycles. The summed E-state index contributed by atoms with van der Waals surface area (Å²) in [6, 6.07) is 14.5. The van der Waals surface area contributed by atoms with Crippen molar-refractivity contribution in [2.75, 3.05) is 12.0 Å². The molecule has 0 aliphatic heterocycles. The van der Waals surface area contributed by atoms with Crippen molar-refractivity contribution in [3.63, 3.8) is 0 Å². The second kappa shape index (κ2) is 5.73. The molecule has 0 bridgehead atoms. The SMILES string of the molecule is COC(=O)c1ccccc1N(C=O)c1c[nH]c2ccccc12. The second-order valence-corrected chi connectivity index (χ2v) is 4.70. The third-order valence-electron chi connectivity index (χ3n) is 3.50. The molecule has 0 unspecified atom stereocenters. The first-order chi connectivity index (χ1) is 10.8. The van der Waals surface area contributed by atoms with E-state index in [-0.39, 0.29) is 0 Å². The summed E-state index contributed by atoms with van der Waals surface area (Å²) in [6.45, 7) is 0. The highest BCUT2D eigenvalue weighted by Gasteiger charge is 2.19. The number of nitrogens with zero attached hydrogens (tertiary/aromatic N) is 1. The van der Waals surface area contributed by atoms with Crippen molar-refractivity contribution in [1.29, 1.82) is 0 Å². The number of nitrogens with one attached hydrogen (secondary N) is 1. The number of aromatic nitrogens is 1. The number of benzene rings is 2. The van der Waals surface area contributed by atoms with Gasteiger partial charge in [-0.15, -0.1) is 0 Å². The zero-order chi connectivity index (χ0) is 15.5. The van der Waals surface area contributed by atoms with Crippen LogP contribution in [0.5, 0.6) is 0 Å². The predicted octanol–water partition coefficient (Wildman–Crippen LogP) is 3.25. The van der Waals surface area contributed by atoms with E-state index in [0.29, 0.717) is 23.3 Å². The summed E-state index contributed by atoms with van der Waals surface area (Å²) >= 11 is 0. The smallest absolute Gasteiger partial charge is 0.339 e. The number of methoxy groups -OCH3 is 1. The minimum absolute atomic E-state index is 0.336. The number of ether oxygens (including phenoxy) is 1. The molecule has 0 aliphatic carbocycles. The third kappa shape index (κ3) is 2.22. The number of carbonyl (C=O) groups excluding carboxylic acids is 2. The minimum Gasteiger partial charge on any atom is -0.465 e. The molecule has 22 heavy (non-hydrogen) atoms. The molecule has 0 saturated heterocycles. The van der Waals surface area contributed by atoms with Crippen LogP contribution in [0.25, 0.3) is 10.9 Å². The van der Waals surface area contributed by atoms with E-state index in [9.17, 15) is 9.59 Å². The van der Waals surface area contributed by atoms with E-state index in [1.165, 1.54) is 12.0 Å². The molecule has 0 radical (unpaired) electrons. The van der Waals surface area contributed by atoms with Gasteiger partial charge in [-0.3, -0.25) is 9.69 Å². The summed E-state index contributed by atoms with van der Waals surface area (Å²) in [5.41, 5.74) is 2.42. The molecule has 3 rings (SSSR count). The first-order valence-corrected chi connectivity index (χ1v) is 6.74. The number of rotatable bonds is 4. The Balaban J connectivity index is 2.17.